The Morgan fingerprint density at radius 1 is 0.578 bits per heavy atom. The zero-order valence-corrected chi connectivity index (χ0v) is 48.6. The minimum Gasteiger partial charge on any atom is -0.479 e. The van der Waals surface area contributed by atoms with Gasteiger partial charge in [-0.25, -0.2) is 4.79 Å². The van der Waals surface area contributed by atoms with Crippen molar-refractivity contribution in [1.29, 1.82) is 0 Å². The number of carbonyl (C=O) groups is 5. The molecule has 474 valence electrons. The molecule has 0 aromatic heterocycles. The summed E-state index contributed by atoms with van der Waals surface area (Å²) in [5, 5.41) is 109. The fraction of sp³-hybridized carbons (Fsp3) is 0.911. The maximum atomic E-state index is 13.8. The Kier molecular flexibility index (Phi) is 22.0. The number of aliphatic carboxylic acids is 1. The predicted octanol–water partition coefficient (Wildman–Crippen LogP) is -2.36. The minimum absolute atomic E-state index is 0.0449. The van der Waals surface area contributed by atoms with Gasteiger partial charge in [-0.2, -0.15) is 0 Å². The van der Waals surface area contributed by atoms with E-state index in [0.29, 0.717) is 23.7 Å². The number of hydrogen-bond donors (Lipinski definition) is 13. The first-order valence-corrected chi connectivity index (χ1v) is 29.7. The molecule has 13 N–H and O–H groups in total. The summed E-state index contributed by atoms with van der Waals surface area (Å²) in [5.41, 5.74) is 0.750. The van der Waals surface area contributed by atoms with Crippen molar-refractivity contribution in [3.63, 3.8) is 0 Å². The van der Waals surface area contributed by atoms with Crippen molar-refractivity contribution in [2.45, 2.75) is 234 Å². The highest BCUT2D eigenvalue weighted by molar-refractivity contribution is 5.82. The fourth-order valence-electron chi connectivity index (χ4n) is 16.1. The second-order valence-electron chi connectivity index (χ2n) is 25.1. The summed E-state index contributed by atoms with van der Waals surface area (Å²) in [6, 6.07) is -3.10. The standard InChI is InChI=1S/C56H92N4O23/c1-24(29-14-15-30-28-13-12-27-10-8-9-18-55(27,4)31(28)17-19-56(29,30)5)11-16-34(65)57-20-21-58-49(72)47-45(75-6)39(68)41(70)53(82-47)80-44-36(60-26(3)64)52(78-33(23-62)38(44)67)81-46-40(69)42(71)54(83-48(46)50(73)74)79-43-35(59-25(2)63)51(76-7)77-32(22-61)37(43)66/h24,27-33,35-48,51-54,61-62,66-71H,8-23H2,1-7H3,(H,57,65)(H,58,72)(H,59,63)(H,60,64)(H,73,74)/t24?,27?,28?,29?,30?,31?,32?,33?,35?,36?,37-,38-,39-,40-,41?,42?,43-,44-,45+,46+,47?,48?,51-,52+,53-,54-,55?,56?/m1/s1. The van der Waals surface area contributed by atoms with Crippen LogP contribution in [0.1, 0.15) is 112 Å². The van der Waals surface area contributed by atoms with E-state index in [1.165, 1.54) is 71.3 Å². The Labute approximate surface area is 483 Å². The average molecular weight is 1190 g/mol. The molecule has 4 aliphatic carbocycles. The van der Waals surface area contributed by atoms with E-state index in [-0.39, 0.29) is 24.4 Å². The van der Waals surface area contributed by atoms with Crippen molar-refractivity contribution < 1.29 is 113 Å². The number of rotatable bonds is 21. The van der Waals surface area contributed by atoms with Crippen LogP contribution >= 0.6 is 0 Å². The van der Waals surface area contributed by atoms with Gasteiger partial charge in [0.15, 0.2) is 37.4 Å². The molecule has 0 radical (unpaired) electrons. The molecular weight excluding hydrogens is 1100 g/mol. The van der Waals surface area contributed by atoms with Crippen LogP contribution in [0.3, 0.4) is 0 Å². The Hall–Kier alpha value is -3.33. The quantitative estimate of drug-likeness (QED) is 0.0535. The van der Waals surface area contributed by atoms with Gasteiger partial charge in [0.2, 0.25) is 17.7 Å². The number of methoxy groups -OCH3 is 2. The molecule has 16 unspecified atom stereocenters. The van der Waals surface area contributed by atoms with Gasteiger partial charge in [-0.1, -0.05) is 33.6 Å². The lowest BCUT2D eigenvalue weighted by Crippen LogP contribution is -2.71. The van der Waals surface area contributed by atoms with Crippen molar-refractivity contribution in [3.8, 4) is 0 Å². The van der Waals surface area contributed by atoms with Crippen molar-refractivity contribution in [3.05, 3.63) is 0 Å². The van der Waals surface area contributed by atoms with Gasteiger partial charge in [-0.15, -0.1) is 0 Å². The number of fused-ring (bicyclic) bond motifs is 5. The second kappa shape index (κ2) is 27.8. The molecule has 8 aliphatic rings. The van der Waals surface area contributed by atoms with Crippen molar-refractivity contribution in [2.24, 2.45) is 46.3 Å². The molecule has 0 bridgehead atoms. The van der Waals surface area contributed by atoms with Crippen LogP contribution in [0.25, 0.3) is 0 Å². The molecule has 4 saturated carbocycles. The SMILES string of the molecule is CO[C@@H]1OC(CO)[C@@H](O)[C@H](O[C@@H]2OC(C(=O)O)[C@@H](O[C@@H]3OC(CO)[C@@H](O)[C@H](O[C@@H]4OC(C(=O)NCCNC(=O)CCC(C)C5CCC6C7CCC8CCCCC8(C)C7CCC56C)[C@@H](OC)[C@H](O)C4O)C3NC(C)=O)[C@H](O)C2O)C1NC(C)=O. The molecule has 4 aliphatic heterocycles. The topological polar surface area (TPSA) is 399 Å². The van der Waals surface area contributed by atoms with E-state index in [9.17, 15) is 69.9 Å². The van der Waals surface area contributed by atoms with E-state index < -0.39 is 160 Å². The molecule has 28 atom stereocenters. The highest BCUT2D eigenvalue weighted by atomic mass is 16.8. The molecule has 27 nitrogen and oxygen atoms in total. The number of carboxylic acids is 1. The summed E-state index contributed by atoms with van der Waals surface area (Å²) >= 11 is 0. The summed E-state index contributed by atoms with van der Waals surface area (Å²) < 4.78 is 51.4. The molecule has 4 heterocycles. The van der Waals surface area contributed by atoms with Gasteiger partial charge in [-0.3, -0.25) is 19.2 Å². The smallest absolute Gasteiger partial charge is 0.335 e. The number of ether oxygens (including phenoxy) is 9. The largest absolute Gasteiger partial charge is 0.479 e. The van der Waals surface area contributed by atoms with Gasteiger partial charge in [0.1, 0.15) is 85.3 Å². The number of carbonyl (C=O) groups excluding carboxylic acids is 4. The third kappa shape index (κ3) is 13.6. The average Bonchev–Trinajstić information content (AvgIpc) is 1.98. The number of hydrogen-bond acceptors (Lipinski definition) is 22. The van der Waals surface area contributed by atoms with Crippen molar-refractivity contribution in [2.75, 3.05) is 40.5 Å². The maximum absolute atomic E-state index is 13.8. The Morgan fingerprint density at radius 3 is 1.71 bits per heavy atom. The maximum Gasteiger partial charge on any atom is 0.335 e. The highest BCUT2D eigenvalue weighted by Crippen LogP contribution is 2.68. The molecule has 8 rings (SSSR count). The lowest BCUT2D eigenvalue weighted by Gasteiger charge is -2.61. The molecule has 0 aromatic rings. The summed E-state index contributed by atoms with van der Waals surface area (Å²) in [6.07, 6.45) is -19.4. The van der Waals surface area contributed by atoms with E-state index >= 15 is 0 Å². The van der Waals surface area contributed by atoms with Crippen LogP contribution in [-0.2, 0) is 66.6 Å². The number of amides is 4. The lowest BCUT2D eigenvalue weighted by atomic mass is 9.44. The highest BCUT2D eigenvalue weighted by Gasteiger charge is 2.61. The Morgan fingerprint density at radius 2 is 1.13 bits per heavy atom. The monoisotopic (exact) mass is 1190 g/mol. The zero-order chi connectivity index (χ0) is 60.4. The van der Waals surface area contributed by atoms with Gasteiger partial charge in [-0.05, 0) is 104 Å². The van der Waals surface area contributed by atoms with Crippen molar-refractivity contribution >= 4 is 29.6 Å². The molecule has 4 amide bonds. The van der Waals surface area contributed by atoms with E-state index in [4.69, 9.17) is 42.6 Å². The molecule has 4 saturated heterocycles. The van der Waals surface area contributed by atoms with Crippen molar-refractivity contribution in [1.82, 2.24) is 21.3 Å². The number of carboxylic acid groups (broad SMARTS) is 1. The molecule has 0 aromatic carbocycles. The number of aliphatic hydroxyl groups excluding tert-OH is 8. The summed E-state index contributed by atoms with van der Waals surface area (Å²) in [7, 11) is 2.35. The van der Waals surface area contributed by atoms with E-state index in [1.54, 1.807) is 0 Å². The third-order valence-corrected chi connectivity index (χ3v) is 20.3. The lowest BCUT2D eigenvalue weighted by molar-refractivity contribution is -0.369. The molecule has 27 heteroatoms. The summed E-state index contributed by atoms with van der Waals surface area (Å²) in [5.74, 6) is -0.177. The Bertz CT molecular complexity index is 2220. The van der Waals surface area contributed by atoms with Crippen LogP contribution in [0.5, 0.6) is 0 Å². The minimum atomic E-state index is -2.27. The Balaban J connectivity index is 0.877. The van der Waals surface area contributed by atoms with E-state index in [2.05, 4.69) is 42.0 Å². The van der Waals surface area contributed by atoms with Gasteiger partial charge in [0.05, 0.1) is 13.2 Å². The zero-order valence-electron chi connectivity index (χ0n) is 48.6. The predicted molar refractivity (Wildman–Crippen MR) is 284 cm³/mol. The molecule has 0 spiro atoms. The fourth-order valence-corrected chi connectivity index (χ4v) is 16.1. The molecule has 83 heavy (non-hydrogen) atoms. The molecule has 8 fully saturated rings. The first kappa shape index (κ1) is 65.6. The molecular formula is C56H92N4O23. The number of nitrogens with one attached hydrogen (secondary N) is 4. The third-order valence-electron chi connectivity index (χ3n) is 20.3. The van der Waals surface area contributed by atoms with Gasteiger partial charge in [0.25, 0.3) is 5.91 Å². The summed E-state index contributed by atoms with van der Waals surface area (Å²) in [4.78, 5) is 64.9. The normalized spacial score (nSPS) is 45.6. The van der Waals surface area contributed by atoms with E-state index in [1.807, 2.05) is 0 Å². The van der Waals surface area contributed by atoms with Gasteiger partial charge < -0.3 is 110 Å². The van der Waals surface area contributed by atoms with Crippen LogP contribution in [0.15, 0.2) is 0 Å². The van der Waals surface area contributed by atoms with E-state index in [0.717, 1.165) is 51.0 Å². The van der Waals surface area contributed by atoms with Crippen LogP contribution in [0, 0.1) is 46.3 Å². The van der Waals surface area contributed by atoms with Crippen LogP contribution in [-0.4, -0.2) is 239 Å². The van der Waals surface area contributed by atoms with Gasteiger partial charge >= 0.3 is 5.97 Å². The summed E-state index contributed by atoms with van der Waals surface area (Å²) in [6.45, 7) is 7.79. The van der Waals surface area contributed by atoms with Crippen LogP contribution < -0.4 is 21.3 Å². The van der Waals surface area contributed by atoms with Crippen LogP contribution in [0.4, 0.5) is 0 Å². The second-order valence-corrected chi connectivity index (χ2v) is 25.1. The van der Waals surface area contributed by atoms with Crippen LogP contribution in [0.2, 0.25) is 0 Å². The first-order chi connectivity index (χ1) is 39.4. The number of aliphatic hydroxyl groups is 8. The van der Waals surface area contributed by atoms with Gasteiger partial charge in [0, 0.05) is 47.6 Å². The first-order valence-electron chi connectivity index (χ1n) is 29.7.